The van der Waals surface area contributed by atoms with Crippen molar-refractivity contribution >= 4 is 22.3 Å². The number of aromatic nitrogens is 1. The van der Waals surface area contributed by atoms with E-state index in [4.69, 9.17) is 4.42 Å². The molecule has 172 valence electrons. The molecule has 3 heterocycles. The number of Topliss-reactive ketones (excluding diaryl/α,β-unsaturated/α-hetero) is 1. The Morgan fingerprint density at radius 2 is 2.03 bits per heavy atom. The molecule has 0 saturated heterocycles. The first-order chi connectivity index (χ1) is 16.1. The number of hydrogen-bond donors (Lipinski definition) is 0. The fourth-order valence-electron chi connectivity index (χ4n) is 5.61. The van der Waals surface area contributed by atoms with Gasteiger partial charge in [-0.3, -0.25) is 14.7 Å². The molecule has 0 amide bonds. The smallest absolute Gasteiger partial charge is 0.147 e. The first kappa shape index (κ1) is 22.1. The topological polar surface area (TPSA) is 46.3 Å². The van der Waals surface area contributed by atoms with Crippen LogP contribution in [0.1, 0.15) is 63.1 Å². The normalized spacial score (nSPS) is 19.8. The van der Waals surface area contributed by atoms with E-state index in [1.54, 1.807) is 6.26 Å². The van der Waals surface area contributed by atoms with E-state index < -0.39 is 5.41 Å². The van der Waals surface area contributed by atoms with Gasteiger partial charge in [-0.05, 0) is 80.6 Å². The summed E-state index contributed by atoms with van der Waals surface area (Å²) in [6.07, 6.45) is 13.5. The van der Waals surface area contributed by atoms with E-state index in [-0.39, 0.29) is 5.92 Å². The van der Waals surface area contributed by atoms with Gasteiger partial charge in [-0.2, -0.15) is 0 Å². The molecular weight excluding hydrogens is 408 g/mol. The molecule has 1 atom stereocenters. The van der Waals surface area contributed by atoms with Crippen molar-refractivity contribution in [3.8, 4) is 0 Å². The number of rotatable bonds is 7. The molecule has 0 radical (unpaired) electrons. The van der Waals surface area contributed by atoms with Crippen molar-refractivity contribution in [2.75, 3.05) is 19.6 Å². The minimum absolute atomic E-state index is 0.191. The number of ketones is 1. The average molecular weight is 443 g/mol. The van der Waals surface area contributed by atoms with E-state index in [0.29, 0.717) is 5.78 Å². The fraction of sp³-hybridized carbons (Fsp3) is 0.448. The van der Waals surface area contributed by atoms with Crippen LogP contribution in [-0.2, 0) is 10.2 Å². The molecule has 1 saturated carbocycles. The number of hydrogen-bond acceptors (Lipinski definition) is 4. The van der Waals surface area contributed by atoms with E-state index >= 15 is 0 Å². The van der Waals surface area contributed by atoms with Crippen LogP contribution in [0.15, 0.2) is 65.4 Å². The van der Waals surface area contributed by atoms with E-state index in [0.717, 1.165) is 62.0 Å². The molecule has 1 unspecified atom stereocenters. The Labute approximate surface area is 196 Å². The minimum Gasteiger partial charge on any atom is -0.464 e. The number of furan rings is 1. The number of carbonyl (C=O) groups excluding carboxylic acids is 1. The molecule has 0 N–H and O–H groups in total. The maximum atomic E-state index is 13.7. The van der Waals surface area contributed by atoms with Crippen molar-refractivity contribution in [3.63, 3.8) is 0 Å². The highest BCUT2D eigenvalue weighted by Gasteiger charge is 2.40. The van der Waals surface area contributed by atoms with Crippen molar-refractivity contribution < 1.29 is 9.21 Å². The van der Waals surface area contributed by atoms with Gasteiger partial charge in [0.15, 0.2) is 0 Å². The third-order valence-corrected chi connectivity index (χ3v) is 7.79. The zero-order valence-electron chi connectivity index (χ0n) is 19.6. The second kappa shape index (κ2) is 9.64. The second-order valence-corrected chi connectivity index (χ2v) is 9.95. The lowest BCUT2D eigenvalue weighted by molar-refractivity contribution is -0.129. The van der Waals surface area contributed by atoms with Crippen molar-refractivity contribution in [1.29, 1.82) is 0 Å². The highest BCUT2D eigenvalue weighted by Crippen LogP contribution is 2.36. The average Bonchev–Trinajstić information content (AvgIpc) is 3.36. The van der Waals surface area contributed by atoms with Gasteiger partial charge in [0.1, 0.15) is 11.4 Å². The molecule has 1 aliphatic carbocycles. The highest BCUT2D eigenvalue weighted by atomic mass is 16.3. The monoisotopic (exact) mass is 442 g/mol. The summed E-state index contributed by atoms with van der Waals surface area (Å²) in [7, 11) is 0. The van der Waals surface area contributed by atoms with Crippen molar-refractivity contribution in [2.45, 2.75) is 57.3 Å². The maximum Gasteiger partial charge on any atom is 0.147 e. The first-order valence-corrected chi connectivity index (χ1v) is 12.5. The van der Waals surface area contributed by atoms with Crippen LogP contribution in [0.4, 0.5) is 0 Å². The van der Waals surface area contributed by atoms with Gasteiger partial charge >= 0.3 is 0 Å². The van der Waals surface area contributed by atoms with Crippen LogP contribution in [-0.4, -0.2) is 35.3 Å². The molecule has 2 aliphatic rings. The van der Waals surface area contributed by atoms with E-state index in [2.05, 4.69) is 41.1 Å². The lowest BCUT2D eigenvalue weighted by atomic mass is 9.70. The van der Waals surface area contributed by atoms with Crippen LogP contribution in [0.3, 0.4) is 0 Å². The fourth-order valence-corrected chi connectivity index (χ4v) is 5.61. The van der Waals surface area contributed by atoms with Gasteiger partial charge in [-0.25, -0.2) is 0 Å². The van der Waals surface area contributed by atoms with Crippen LogP contribution in [0, 0.1) is 5.92 Å². The molecule has 33 heavy (non-hydrogen) atoms. The summed E-state index contributed by atoms with van der Waals surface area (Å²) >= 11 is 0. The molecule has 2 aromatic heterocycles. The van der Waals surface area contributed by atoms with Crippen molar-refractivity contribution in [1.82, 2.24) is 9.88 Å². The second-order valence-electron chi connectivity index (χ2n) is 9.95. The Bertz CT molecular complexity index is 1130. The summed E-state index contributed by atoms with van der Waals surface area (Å²) in [5, 5.41) is 1.16. The SMILES string of the molecule is CC(CCN1CC=C(c2ccc3occc3c2)CC1)(C(=O)C1CCCCC1)c1ccccn1. The van der Waals surface area contributed by atoms with Crippen LogP contribution in [0.5, 0.6) is 0 Å². The lowest BCUT2D eigenvalue weighted by Crippen LogP contribution is -2.42. The molecule has 3 aromatic rings. The molecule has 0 bridgehead atoms. The van der Waals surface area contributed by atoms with Gasteiger partial charge < -0.3 is 4.42 Å². The van der Waals surface area contributed by atoms with Gasteiger partial charge in [-0.15, -0.1) is 0 Å². The van der Waals surface area contributed by atoms with Gasteiger partial charge in [0.05, 0.1) is 17.4 Å². The third kappa shape index (κ3) is 4.67. The largest absolute Gasteiger partial charge is 0.464 e. The number of pyridine rings is 1. The van der Waals surface area contributed by atoms with Crippen LogP contribution in [0.2, 0.25) is 0 Å². The number of nitrogens with zero attached hydrogens (tertiary/aromatic N) is 2. The quantitative estimate of drug-likeness (QED) is 0.424. The summed E-state index contributed by atoms with van der Waals surface area (Å²) in [6.45, 7) is 4.99. The summed E-state index contributed by atoms with van der Waals surface area (Å²) in [5.41, 5.74) is 4.05. The molecule has 1 aliphatic heterocycles. The third-order valence-electron chi connectivity index (χ3n) is 7.79. The standard InChI is InChI=1S/C29H34N2O2/c1-29(27-9-5-6-16-30-27,28(32)23-7-3-2-4-8-23)15-19-31-17-12-22(13-18-31)24-10-11-26-25(21-24)14-20-33-26/h5-6,9-12,14,16,20-21,23H,2-4,7-8,13,15,17-19H2,1H3. The number of benzene rings is 1. The molecule has 1 fully saturated rings. The van der Waals surface area contributed by atoms with Crippen LogP contribution in [0.25, 0.3) is 16.5 Å². The Kier molecular flexibility index (Phi) is 6.45. The summed E-state index contributed by atoms with van der Waals surface area (Å²) in [4.78, 5) is 20.9. The Morgan fingerprint density at radius 1 is 1.15 bits per heavy atom. The van der Waals surface area contributed by atoms with Crippen molar-refractivity contribution in [3.05, 3.63) is 72.3 Å². The van der Waals surface area contributed by atoms with Gasteiger partial charge in [-0.1, -0.05) is 37.5 Å². The van der Waals surface area contributed by atoms with Crippen LogP contribution < -0.4 is 0 Å². The molecule has 1 aromatic carbocycles. The summed E-state index contributed by atoms with van der Waals surface area (Å²) in [5.74, 6) is 0.596. The van der Waals surface area contributed by atoms with Gasteiger partial charge in [0, 0.05) is 30.6 Å². The lowest BCUT2D eigenvalue weighted by Gasteiger charge is -2.35. The van der Waals surface area contributed by atoms with Gasteiger partial charge in [0.25, 0.3) is 0 Å². The minimum atomic E-state index is -0.514. The molecule has 5 rings (SSSR count). The molecule has 0 spiro atoms. The Hall–Kier alpha value is -2.72. The predicted octanol–water partition coefficient (Wildman–Crippen LogP) is 6.41. The van der Waals surface area contributed by atoms with E-state index in [1.807, 2.05) is 30.5 Å². The molecule has 4 nitrogen and oxygen atoms in total. The van der Waals surface area contributed by atoms with E-state index in [9.17, 15) is 4.79 Å². The number of fused-ring (bicyclic) bond motifs is 1. The summed E-state index contributed by atoms with van der Waals surface area (Å²) in [6, 6.07) is 14.5. The number of carbonyl (C=O) groups is 1. The Balaban J connectivity index is 1.28. The molecular formula is C29H34N2O2. The first-order valence-electron chi connectivity index (χ1n) is 12.5. The zero-order valence-corrected chi connectivity index (χ0v) is 19.6. The zero-order chi connectivity index (χ0) is 22.7. The Morgan fingerprint density at radius 3 is 2.79 bits per heavy atom. The van der Waals surface area contributed by atoms with Crippen LogP contribution >= 0.6 is 0 Å². The predicted molar refractivity (Wildman–Crippen MR) is 133 cm³/mol. The maximum absolute atomic E-state index is 13.7. The van der Waals surface area contributed by atoms with E-state index in [1.165, 1.54) is 30.4 Å². The van der Waals surface area contributed by atoms with Gasteiger partial charge in [0.2, 0.25) is 0 Å². The van der Waals surface area contributed by atoms with Crippen molar-refractivity contribution in [2.24, 2.45) is 5.92 Å². The molecule has 4 heteroatoms. The summed E-state index contributed by atoms with van der Waals surface area (Å²) < 4.78 is 5.48. The highest BCUT2D eigenvalue weighted by molar-refractivity contribution is 5.91.